The molecule has 2 aromatic carbocycles. The average molecular weight is 301 g/mol. The Kier molecular flexibility index (Phi) is 4.18. The van der Waals surface area contributed by atoms with Gasteiger partial charge in [0.25, 0.3) is 0 Å². The fourth-order valence-electron chi connectivity index (χ4n) is 3.30. The number of benzene rings is 2. The molecule has 0 radical (unpaired) electrons. The molecule has 1 heterocycles. The van der Waals surface area contributed by atoms with Gasteiger partial charge in [0, 0.05) is 23.8 Å². The zero-order valence-corrected chi connectivity index (χ0v) is 13.1. The Hall–Kier alpha value is -1.51. The van der Waals surface area contributed by atoms with Gasteiger partial charge in [0.15, 0.2) is 0 Å². The van der Waals surface area contributed by atoms with Crippen molar-refractivity contribution in [2.75, 3.05) is 18.0 Å². The average Bonchev–Trinajstić information content (AvgIpc) is 2.49. The number of nitrogens with zero attached hydrogens (tertiary/aromatic N) is 1. The van der Waals surface area contributed by atoms with Crippen molar-refractivity contribution in [1.29, 1.82) is 0 Å². The summed E-state index contributed by atoms with van der Waals surface area (Å²) in [5, 5.41) is 0.795. The Morgan fingerprint density at radius 2 is 1.90 bits per heavy atom. The summed E-state index contributed by atoms with van der Waals surface area (Å²) in [6, 6.07) is 16.8. The first-order valence-corrected chi connectivity index (χ1v) is 7.87. The van der Waals surface area contributed by atoms with Crippen LogP contribution in [0.2, 0.25) is 5.02 Å². The first-order chi connectivity index (χ1) is 10.2. The number of anilines is 1. The van der Waals surface area contributed by atoms with Crippen molar-refractivity contribution in [2.45, 2.75) is 19.4 Å². The van der Waals surface area contributed by atoms with Crippen LogP contribution in [0, 0.1) is 5.92 Å². The number of fused-ring (bicyclic) bond motifs is 1. The van der Waals surface area contributed by atoms with Crippen LogP contribution in [-0.2, 0) is 6.42 Å². The fourth-order valence-corrected chi connectivity index (χ4v) is 3.56. The molecule has 0 bridgehead atoms. The van der Waals surface area contributed by atoms with E-state index in [0.717, 1.165) is 23.6 Å². The molecular formula is C18H21ClN2. The molecule has 21 heavy (non-hydrogen) atoms. The molecule has 2 aromatic rings. The third-order valence-corrected chi connectivity index (χ3v) is 4.59. The normalized spacial score (nSPS) is 19.2. The molecule has 1 aliphatic rings. The molecule has 0 spiro atoms. The predicted molar refractivity (Wildman–Crippen MR) is 89.9 cm³/mol. The highest BCUT2D eigenvalue weighted by Gasteiger charge is 2.28. The maximum atomic E-state index is 6.40. The summed E-state index contributed by atoms with van der Waals surface area (Å²) in [6.45, 7) is 3.87. The molecule has 0 amide bonds. The summed E-state index contributed by atoms with van der Waals surface area (Å²) >= 11 is 6.40. The van der Waals surface area contributed by atoms with E-state index in [0.29, 0.717) is 12.5 Å². The summed E-state index contributed by atoms with van der Waals surface area (Å²) in [4.78, 5) is 2.42. The third-order valence-electron chi connectivity index (χ3n) is 4.24. The standard InChI is InChI=1S/C18H21ClN2/c1-13-10-14-6-2-5-9-17(14)21(12-13)18(11-20)15-7-3-4-8-16(15)19/h2-9,13,18H,10-12,20H2,1H3. The first-order valence-electron chi connectivity index (χ1n) is 7.49. The van der Waals surface area contributed by atoms with Crippen LogP contribution in [0.5, 0.6) is 0 Å². The molecular weight excluding hydrogens is 280 g/mol. The van der Waals surface area contributed by atoms with E-state index in [1.165, 1.54) is 11.3 Å². The number of hydrogen-bond acceptors (Lipinski definition) is 2. The Morgan fingerprint density at radius 3 is 2.67 bits per heavy atom. The number of para-hydroxylation sites is 1. The molecule has 0 saturated carbocycles. The molecule has 2 nitrogen and oxygen atoms in total. The highest BCUT2D eigenvalue weighted by Crippen LogP contribution is 2.37. The summed E-state index contributed by atoms with van der Waals surface area (Å²) in [7, 11) is 0. The van der Waals surface area contributed by atoms with Crippen molar-refractivity contribution in [3.05, 3.63) is 64.7 Å². The zero-order chi connectivity index (χ0) is 14.8. The summed E-state index contributed by atoms with van der Waals surface area (Å²) in [6.07, 6.45) is 1.13. The number of nitrogens with two attached hydrogens (primary N) is 1. The van der Waals surface area contributed by atoms with Crippen LogP contribution in [0.1, 0.15) is 24.1 Å². The van der Waals surface area contributed by atoms with Crippen molar-refractivity contribution in [2.24, 2.45) is 11.7 Å². The lowest BCUT2D eigenvalue weighted by Gasteiger charge is -2.40. The van der Waals surface area contributed by atoms with E-state index in [1.807, 2.05) is 18.2 Å². The number of hydrogen-bond donors (Lipinski definition) is 1. The van der Waals surface area contributed by atoms with Crippen LogP contribution >= 0.6 is 11.6 Å². The van der Waals surface area contributed by atoms with E-state index >= 15 is 0 Å². The van der Waals surface area contributed by atoms with Gasteiger partial charge >= 0.3 is 0 Å². The van der Waals surface area contributed by atoms with Gasteiger partial charge in [0.1, 0.15) is 0 Å². The van der Waals surface area contributed by atoms with E-state index in [-0.39, 0.29) is 6.04 Å². The molecule has 0 saturated heterocycles. The lowest BCUT2D eigenvalue weighted by molar-refractivity contribution is 0.490. The van der Waals surface area contributed by atoms with Crippen LogP contribution in [-0.4, -0.2) is 13.1 Å². The van der Waals surface area contributed by atoms with Crippen LogP contribution in [0.3, 0.4) is 0 Å². The minimum Gasteiger partial charge on any atom is -0.363 e. The molecule has 110 valence electrons. The maximum absolute atomic E-state index is 6.40. The maximum Gasteiger partial charge on any atom is 0.0679 e. The van der Waals surface area contributed by atoms with Crippen molar-refractivity contribution < 1.29 is 0 Å². The van der Waals surface area contributed by atoms with Crippen molar-refractivity contribution in [3.8, 4) is 0 Å². The van der Waals surface area contributed by atoms with Crippen molar-refractivity contribution >= 4 is 17.3 Å². The first kappa shape index (κ1) is 14.4. The molecule has 3 rings (SSSR count). The van der Waals surface area contributed by atoms with E-state index in [4.69, 9.17) is 17.3 Å². The largest absolute Gasteiger partial charge is 0.363 e. The third kappa shape index (κ3) is 2.78. The fraction of sp³-hybridized carbons (Fsp3) is 0.333. The second-order valence-corrected chi connectivity index (χ2v) is 6.27. The van der Waals surface area contributed by atoms with Crippen LogP contribution in [0.25, 0.3) is 0 Å². The van der Waals surface area contributed by atoms with E-state index in [1.54, 1.807) is 0 Å². The Labute approximate surface area is 131 Å². The lowest BCUT2D eigenvalue weighted by atomic mass is 9.91. The van der Waals surface area contributed by atoms with Gasteiger partial charge in [-0.25, -0.2) is 0 Å². The highest BCUT2D eigenvalue weighted by molar-refractivity contribution is 6.31. The minimum absolute atomic E-state index is 0.127. The van der Waals surface area contributed by atoms with Gasteiger partial charge in [-0.1, -0.05) is 54.9 Å². The Morgan fingerprint density at radius 1 is 1.19 bits per heavy atom. The highest BCUT2D eigenvalue weighted by atomic mass is 35.5. The summed E-state index contributed by atoms with van der Waals surface area (Å²) in [5.74, 6) is 0.622. The Balaban J connectivity index is 2.04. The monoisotopic (exact) mass is 300 g/mol. The second kappa shape index (κ2) is 6.08. The van der Waals surface area contributed by atoms with E-state index in [2.05, 4.69) is 42.2 Å². The Bertz CT molecular complexity index is 626. The summed E-state index contributed by atoms with van der Waals surface area (Å²) < 4.78 is 0. The molecule has 0 aliphatic carbocycles. The van der Waals surface area contributed by atoms with Crippen LogP contribution in [0.15, 0.2) is 48.5 Å². The van der Waals surface area contributed by atoms with Gasteiger partial charge in [-0.2, -0.15) is 0 Å². The molecule has 2 N–H and O–H groups in total. The van der Waals surface area contributed by atoms with E-state index in [9.17, 15) is 0 Å². The zero-order valence-electron chi connectivity index (χ0n) is 12.3. The summed E-state index contributed by atoms with van der Waals surface area (Å²) in [5.41, 5.74) is 9.92. The van der Waals surface area contributed by atoms with Gasteiger partial charge in [-0.05, 0) is 35.6 Å². The smallest absolute Gasteiger partial charge is 0.0679 e. The quantitative estimate of drug-likeness (QED) is 0.927. The van der Waals surface area contributed by atoms with Gasteiger partial charge in [0.2, 0.25) is 0 Å². The number of halogens is 1. The number of rotatable bonds is 3. The predicted octanol–water partition coefficient (Wildman–Crippen LogP) is 4.04. The molecule has 2 unspecified atom stereocenters. The van der Waals surface area contributed by atoms with Crippen molar-refractivity contribution in [3.63, 3.8) is 0 Å². The van der Waals surface area contributed by atoms with E-state index < -0.39 is 0 Å². The lowest BCUT2D eigenvalue weighted by Crippen LogP contribution is -2.40. The molecule has 0 aromatic heterocycles. The van der Waals surface area contributed by atoms with Crippen molar-refractivity contribution in [1.82, 2.24) is 0 Å². The van der Waals surface area contributed by atoms with Gasteiger partial charge in [0.05, 0.1) is 6.04 Å². The molecule has 0 fully saturated rings. The molecule has 2 atom stereocenters. The minimum atomic E-state index is 0.127. The second-order valence-electron chi connectivity index (χ2n) is 5.86. The molecule has 1 aliphatic heterocycles. The van der Waals surface area contributed by atoms with Gasteiger partial charge < -0.3 is 10.6 Å². The SMILES string of the molecule is CC1Cc2ccccc2N(C(CN)c2ccccc2Cl)C1. The molecule has 3 heteroatoms. The van der Waals surface area contributed by atoms with Gasteiger partial charge in [-0.3, -0.25) is 0 Å². The van der Waals surface area contributed by atoms with Crippen LogP contribution < -0.4 is 10.6 Å². The van der Waals surface area contributed by atoms with Gasteiger partial charge in [-0.15, -0.1) is 0 Å². The topological polar surface area (TPSA) is 29.3 Å². The van der Waals surface area contributed by atoms with Crippen LogP contribution in [0.4, 0.5) is 5.69 Å².